The fraction of sp³-hybridized carbons (Fsp3) is 0.167. The maximum Gasteiger partial charge on any atom is 0.259 e. The van der Waals surface area contributed by atoms with Crippen molar-refractivity contribution in [3.8, 4) is 17.2 Å². The molecule has 2 aromatic carbocycles. The molecule has 1 aliphatic heterocycles. The predicted octanol–water partition coefficient (Wildman–Crippen LogP) is 2.07. The van der Waals surface area contributed by atoms with Crippen LogP contribution in [0.2, 0.25) is 0 Å². The maximum absolute atomic E-state index is 12.1. The minimum Gasteiger partial charge on any atom is -0.496 e. The second-order valence-corrected chi connectivity index (χ2v) is 6.29. The lowest BCUT2D eigenvalue weighted by atomic mass is 10.2. The standard InChI is InChI=1S/C18H16BrN3O5/c1-25-14-4-2-11(6-13(14)19)8-21-22-17(23)9-20-18(24)12-3-5-15-16(7-12)27-10-26-15/h2-8H,9-10H2,1H3,(H,20,24)(H,22,23). The molecule has 2 amide bonds. The van der Waals surface area contributed by atoms with Crippen LogP contribution in [0.25, 0.3) is 0 Å². The molecule has 0 saturated heterocycles. The Bertz CT molecular complexity index is 901. The minimum atomic E-state index is -0.451. The Morgan fingerprint density at radius 3 is 2.81 bits per heavy atom. The van der Waals surface area contributed by atoms with Gasteiger partial charge < -0.3 is 19.5 Å². The van der Waals surface area contributed by atoms with Crippen molar-refractivity contribution in [3.63, 3.8) is 0 Å². The van der Waals surface area contributed by atoms with Gasteiger partial charge in [-0.05, 0) is 57.9 Å². The molecule has 9 heteroatoms. The van der Waals surface area contributed by atoms with Crippen LogP contribution >= 0.6 is 15.9 Å². The van der Waals surface area contributed by atoms with E-state index in [0.717, 1.165) is 10.0 Å². The quantitative estimate of drug-likeness (QED) is 0.536. The largest absolute Gasteiger partial charge is 0.496 e. The number of methoxy groups -OCH3 is 1. The van der Waals surface area contributed by atoms with E-state index in [4.69, 9.17) is 14.2 Å². The molecule has 0 spiro atoms. The van der Waals surface area contributed by atoms with E-state index in [0.29, 0.717) is 22.8 Å². The average Bonchev–Trinajstić information content (AvgIpc) is 3.14. The van der Waals surface area contributed by atoms with E-state index in [-0.39, 0.29) is 13.3 Å². The van der Waals surface area contributed by atoms with Crippen LogP contribution in [0.1, 0.15) is 15.9 Å². The van der Waals surface area contributed by atoms with E-state index in [1.54, 1.807) is 43.5 Å². The van der Waals surface area contributed by atoms with E-state index in [1.165, 1.54) is 6.21 Å². The van der Waals surface area contributed by atoms with Crippen LogP contribution < -0.4 is 25.0 Å². The van der Waals surface area contributed by atoms with E-state index in [1.807, 2.05) is 0 Å². The van der Waals surface area contributed by atoms with Crippen molar-refractivity contribution >= 4 is 34.0 Å². The van der Waals surface area contributed by atoms with Crippen molar-refractivity contribution in [2.24, 2.45) is 5.10 Å². The van der Waals surface area contributed by atoms with Gasteiger partial charge >= 0.3 is 0 Å². The number of nitrogens with zero attached hydrogens (tertiary/aromatic N) is 1. The normalized spacial score (nSPS) is 12.1. The molecule has 1 heterocycles. The van der Waals surface area contributed by atoms with Gasteiger partial charge in [-0.2, -0.15) is 5.10 Å². The summed E-state index contributed by atoms with van der Waals surface area (Å²) < 4.78 is 16.3. The van der Waals surface area contributed by atoms with Gasteiger partial charge in [-0.3, -0.25) is 9.59 Å². The zero-order chi connectivity index (χ0) is 19.2. The van der Waals surface area contributed by atoms with Crippen molar-refractivity contribution in [1.82, 2.24) is 10.7 Å². The molecule has 8 nitrogen and oxygen atoms in total. The predicted molar refractivity (Wildman–Crippen MR) is 101 cm³/mol. The topological polar surface area (TPSA) is 98.2 Å². The van der Waals surface area contributed by atoms with Crippen LogP contribution in [-0.2, 0) is 4.79 Å². The SMILES string of the molecule is COc1ccc(C=NNC(=O)CNC(=O)c2ccc3c(c2)OCO3)cc1Br. The molecule has 0 aliphatic carbocycles. The van der Waals surface area contributed by atoms with Crippen molar-refractivity contribution in [3.05, 3.63) is 52.0 Å². The number of benzene rings is 2. The summed E-state index contributed by atoms with van der Waals surface area (Å²) in [5, 5.41) is 6.38. The maximum atomic E-state index is 12.1. The number of ether oxygens (including phenoxy) is 3. The molecule has 0 atom stereocenters. The number of amides is 2. The first-order valence-electron chi connectivity index (χ1n) is 7.90. The van der Waals surface area contributed by atoms with Crippen LogP contribution in [0, 0.1) is 0 Å². The van der Waals surface area contributed by atoms with Gasteiger partial charge in [0, 0.05) is 5.56 Å². The Hall–Kier alpha value is -3.07. The summed E-state index contributed by atoms with van der Waals surface area (Å²) in [5.41, 5.74) is 3.50. The lowest BCUT2D eigenvalue weighted by Crippen LogP contribution is -2.34. The number of halogens is 1. The molecule has 0 saturated carbocycles. The third-order valence-electron chi connectivity index (χ3n) is 3.62. The van der Waals surface area contributed by atoms with Gasteiger partial charge in [-0.25, -0.2) is 5.43 Å². The van der Waals surface area contributed by atoms with Gasteiger partial charge in [0.05, 0.1) is 24.3 Å². The molecule has 27 heavy (non-hydrogen) atoms. The number of nitrogens with one attached hydrogen (secondary N) is 2. The third kappa shape index (κ3) is 4.76. The van der Waals surface area contributed by atoms with E-state index in [9.17, 15) is 9.59 Å². The summed E-state index contributed by atoms with van der Waals surface area (Å²) in [6.45, 7) is -0.0808. The fourth-order valence-corrected chi connectivity index (χ4v) is 2.84. The Balaban J connectivity index is 1.48. The second kappa shape index (κ2) is 8.54. The molecule has 1 aliphatic rings. The number of hydrogen-bond donors (Lipinski definition) is 2. The molecule has 3 rings (SSSR count). The summed E-state index contributed by atoms with van der Waals surface area (Å²) in [5.74, 6) is 0.938. The summed E-state index contributed by atoms with van der Waals surface area (Å²) in [6.07, 6.45) is 1.49. The summed E-state index contributed by atoms with van der Waals surface area (Å²) in [6, 6.07) is 10.2. The zero-order valence-corrected chi connectivity index (χ0v) is 15.9. The molecule has 0 fully saturated rings. The van der Waals surface area contributed by atoms with Crippen LogP contribution in [0.15, 0.2) is 46.0 Å². The smallest absolute Gasteiger partial charge is 0.259 e. The third-order valence-corrected chi connectivity index (χ3v) is 4.24. The summed E-state index contributed by atoms with van der Waals surface area (Å²) in [4.78, 5) is 23.9. The highest BCUT2D eigenvalue weighted by atomic mass is 79.9. The molecule has 0 aromatic heterocycles. The number of fused-ring (bicyclic) bond motifs is 1. The van der Waals surface area contributed by atoms with Gasteiger partial charge in [-0.1, -0.05) is 0 Å². The average molecular weight is 434 g/mol. The van der Waals surface area contributed by atoms with E-state index in [2.05, 4.69) is 31.8 Å². The lowest BCUT2D eigenvalue weighted by molar-refractivity contribution is -0.120. The Morgan fingerprint density at radius 1 is 1.22 bits per heavy atom. The van der Waals surface area contributed by atoms with Crippen LogP contribution in [-0.4, -0.2) is 38.5 Å². The minimum absolute atomic E-state index is 0.131. The van der Waals surface area contributed by atoms with Crippen LogP contribution in [0.3, 0.4) is 0 Å². The van der Waals surface area contributed by atoms with Gasteiger partial charge in [0.1, 0.15) is 5.75 Å². The molecule has 0 unspecified atom stereocenters. The monoisotopic (exact) mass is 433 g/mol. The van der Waals surface area contributed by atoms with Gasteiger partial charge in [0.15, 0.2) is 11.5 Å². The second-order valence-electron chi connectivity index (χ2n) is 5.44. The summed E-state index contributed by atoms with van der Waals surface area (Å²) in [7, 11) is 1.58. The number of rotatable bonds is 6. The van der Waals surface area contributed by atoms with Crippen molar-refractivity contribution < 1.29 is 23.8 Å². The molecule has 2 aromatic rings. The highest BCUT2D eigenvalue weighted by Crippen LogP contribution is 2.32. The highest BCUT2D eigenvalue weighted by molar-refractivity contribution is 9.10. The number of hydrogen-bond acceptors (Lipinski definition) is 6. The molecule has 0 bridgehead atoms. The molecule has 0 radical (unpaired) electrons. The Labute approximate surface area is 163 Å². The van der Waals surface area contributed by atoms with E-state index >= 15 is 0 Å². The van der Waals surface area contributed by atoms with Crippen LogP contribution in [0.4, 0.5) is 0 Å². The van der Waals surface area contributed by atoms with Gasteiger partial charge in [0.2, 0.25) is 6.79 Å². The first kappa shape index (κ1) is 18.7. The zero-order valence-electron chi connectivity index (χ0n) is 14.3. The summed E-state index contributed by atoms with van der Waals surface area (Å²) >= 11 is 3.37. The molecular formula is C18H16BrN3O5. The van der Waals surface area contributed by atoms with Gasteiger partial charge in [0.25, 0.3) is 11.8 Å². The van der Waals surface area contributed by atoms with Crippen molar-refractivity contribution in [2.45, 2.75) is 0 Å². The van der Waals surface area contributed by atoms with E-state index < -0.39 is 11.8 Å². The Kier molecular flexibility index (Phi) is 5.92. The molecule has 140 valence electrons. The first-order valence-corrected chi connectivity index (χ1v) is 8.69. The highest BCUT2D eigenvalue weighted by Gasteiger charge is 2.16. The fourth-order valence-electron chi connectivity index (χ4n) is 2.28. The van der Waals surface area contributed by atoms with Crippen LogP contribution in [0.5, 0.6) is 17.2 Å². The van der Waals surface area contributed by atoms with Crippen molar-refractivity contribution in [1.29, 1.82) is 0 Å². The number of hydrazone groups is 1. The Morgan fingerprint density at radius 2 is 2.04 bits per heavy atom. The molecular weight excluding hydrogens is 418 g/mol. The van der Waals surface area contributed by atoms with Crippen molar-refractivity contribution in [2.75, 3.05) is 20.4 Å². The lowest BCUT2D eigenvalue weighted by Gasteiger charge is -2.05. The van der Waals surface area contributed by atoms with Gasteiger partial charge in [-0.15, -0.1) is 0 Å². The number of carbonyl (C=O) groups excluding carboxylic acids is 2. The molecule has 2 N–H and O–H groups in total. The first-order chi connectivity index (χ1) is 13.1. The number of carbonyl (C=O) groups is 2.